The molecule has 0 aromatic carbocycles. The molecule has 0 unspecified atom stereocenters. The standard InChI is InChI=1S/C7H15N3O2/c1-3-4-5-10(6(8)11)7(12)9-2/h3-5H2,1-2H3,(H2,8,11)(H,9,12). The molecule has 0 heterocycles. The maximum Gasteiger partial charge on any atom is 0.325 e. The van der Waals surface area contributed by atoms with Crippen LogP contribution in [0.5, 0.6) is 0 Å². The number of nitrogens with zero attached hydrogens (tertiary/aromatic N) is 1. The number of urea groups is 2. The number of carbonyl (C=O) groups excluding carboxylic acids is 2. The molecule has 0 spiro atoms. The van der Waals surface area contributed by atoms with Gasteiger partial charge in [-0.3, -0.25) is 0 Å². The van der Waals surface area contributed by atoms with Gasteiger partial charge >= 0.3 is 12.1 Å². The van der Waals surface area contributed by atoms with E-state index in [0.717, 1.165) is 17.7 Å². The quantitative estimate of drug-likeness (QED) is 0.652. The Morgan fingerprint density at radius 3 is 2.42 bits per heavy atom. The van der Waals surface area contributed by atoms with Gasteiger partial charge in [0.2, 0.25) is 0 Å². The Bertz CT molecular complexity index is 170. The van der Waals surface area contributed by atoms with E-state index in [1.54, 1.807) is 0 Å². The maximum atomic E-state index is 11.0. The molecule has 0 aromatic heterocycles. The molecule has 0 aliphatic carbocycles. The summed E-state index contributed by atoms with van der Waals surface area (Å²) in [5.74, 6) is 0. The lowest BCUT2D eigenvalue weighted by Gasteiger charge is -2.16. The van der Waals surface area contributed by atoms with Crippen molar-refractivity contribution in [2.45, 2.75) is 19.8 Å². The highest BCUT2D eigenvalue weighted by Gasteiger charge is 2.15. The Hall–Kier alpha value is -1.26. The lowest BCUT2D eigenvalue weighted by atomic mass is 10.3. The van der Waals surface area contributed by atoms with E-state index in [1.165, 1.54) is 7.05 Å². The molecule has 3 N–H and O–H groups in total. The predicted molar refractivity (Wildman–Crippen MR) is 45.7 cm³/mol. The van der Waals surface area contributed by atoms with Gasteiger partial charge in [0, 0.05) is 13.6 Å². The van der Waals surface area contributed by atoms with Crippen LogP contribution in [0.1, 0.15) is 19.8 Å². The van der Waals surface area contributed by atoms with Crippen LogP contribution in [-0.4, -0.2) is 30.6 Å². The lowest BCUT2D eigenvalue weighted by molar-refractivity contribution is 0.192. The molecule has 0 radical (unpaired) electrons. The second-order valence-corrected chi connectivity index (χ2v) is 2.40. The number of hydrogen-bond donors (Lipinski definition) is 2. The van der Waals surface area contributed by atoms with Gasteiger partial charge in [-0.05, 0) is 6.42 Å². The highest BCUT2D eigenvalue weighted by Crippen LogP contribution is 1.94. The molecule has 0 atom stereocenters. The van der Waals surface area contributed by atoms with Crippen molar-refractivity contribution >= 4 is 12.1 Å². The Morgan fingerprint density at radius 2 is 2.08 bits per heavy atom. The summed E-state index contributed by atoms with van der Waals surface area (Å²) in [7, 11) is 1.46. The molecule has 5 heteroatoms. The minimum atomic E-state index is -0.706. The van der Waals surface area contributed by atoms with E-state index in [2.05, 4.69) is 5.32 Å². The van der Waals surface area contributed by atoms with Crippen LogP contribution in [0.2, 0.25) is 0 Å². The van der Waals surface area contributed by atoms with E-state index >= 15 is 0 Å². The molecule has 4 amide bonds. The van der Waals surface area contributed by atoms with Gasteiger partial charge in [-0.2, -0.15) is 0 Å². The molecule has 70 valence electrons. The van der Waals surface area contributed by atoms with Crippen LogP contribution in [0, 0.1) is 0 Å². The van der Waals surface area contributed by atoms with Crippen LogP contribution < -0.4 is 11.1 Å². The number of nitrogens with one attached hydrogen (secondary N) is 1. The highest BCUT2D eigenvalue weighted by atomic mass is 16.2. The summed E-state index contributed by atoms with van der Waals surface area (Å²) in [5.41, 5.74) is 4.98. The van der Waals surface area contributed by atoms with Crippen LogP contribution in [0.25, 0.3) is 0 Å². The van der Waals surface area contributed by atoms with Crippen molar-refractivity contribution in [2.75, 3.05) is 13.6 Å². The number of rotatable bonds is 3. The first-order valence-electron chi connectivity index (χ1n) is 3.92. The molecule has 0 aliphatic heterocycles. The van der Waals surface area contributed by atoms with Gasteiger partial charge in [0.05, 0.1) is 0 Å². The Kier molecular flexibility index (Phi) is 4.83. The van der Waals surface area contributed by atoms with Crippen LogP contribution in [-0.2, 0) is 0 Å². The fourth-order valence-electron chi connectivity index (χ4n) is 0.763. The number of nitrogens with two attached hydrogens (primary N) is 1. The van der Waals surface area contributed by atoms with E-state index in [0.29, 0.717) is 6.54 Å². The fourth-order valence-corrected chi connectivity index (χ4v) is 0.763. The van der Waals surface area contributed by atoms with Crippen molar-refractivity contribution in [1.82, 2.24) is 10.2 Å². The van der Waals surface area contributed by atoms with Crippen molar-refractivity contribution in [3.8, 4) is 0 Å². The van der Waals surface area contributed by atoms with Gasteiger partial charge in [0.15, 0.2) is 0 Å². The van der Waals surface area contributed by atoms with E-state index in [-0.39, 0.29) is 0 Å². The fraction of sp³-hybridized carbons (Fsp3) is 0.714. The Labute approximate surface area is 71.9 Å². The molecule has 0 saturated carbocycles. The molecular weight excluding hydrogens is 158 g/mol. The third kappa shape index (κ3) is 3.23. The van der Waals surface area contributed by atoms with Crippen molar-refractivity contribution < 1.29 is 9.59 Å². The van der Waals surface area contributed by atoms with E-state index in [1.807, 2.05) is 6.92 Å². The monoisotopic (exact) mass is 173 g/mol. The average Bonchev–Trinajstić information content (AvgIpc) is 2.04. The van der Waals surface area contributed by atoms with Crippen LogP contribution in [0.3, 0.4) is 0 Å². The highest BCUT2D eigenvalue weighted by molar-refractivity contribution is 5.92. The smallest absolute Gasteiger partial charge is 0.325 e. The summed E-state index contributed by atoms with van der Waals surface area (Å²) in [5, 5.41) is 2.34. The van der Waals surface area contributed by atoms with Crippen LogP contribution in [0.15, 0.2) is 0 Å². The maximum absolute atomic E-state index is 11.0. The first kappa shape index (κ1) is 10.7. The van der Waals surface area contributed by atoms with Crippen molar-refractivity contribution in [2.24, 2.45) is 5.73 Å². The number of carbonyl (C=O) groups is 2. The number of primary amides is 1. The SMILES string of the molecule is CCCCN(C(N)=O)C(=O)NC. The molecular formula is C7H15N3O2. The first-order chi connectivity index (χ1) is 5.63. The summed E-state index contributed by atoms with van der Waals surface area (Å²) in [6.45, 7) is 2.36. The van der Waals surface area contributed by atoms with Gasteiger partial charge in [-0.1, -0.05) is 13.3 Å². The Morgan fingerprint density at radius 1 is 1.50 bits per heavy atom. The molecule has 0 aliphatic rings. The van der Waals surface area contributed by atoms with Crippen LogP contribution in [0.4, 0.5) is 9.59 Å². The van der Waals surface area contributed by atoms with E-state index in [4.69, 9.17) is 5.73 Å². The minimum absolute atomic E-state index is 0.380. The summed E-state index contributed by atoms with van der Waals surface area (Å²) < 4.78 is 0. The minimum Gasteiger partial charge on any atom is -0.351 e. The summed E-state index contributed by atoms with van der Waals surface area (Å²) >= 11 is 0. The van der Waals surface area contributed by atoms with Crippen LogP contribution >= 0.6 is 0 Å². The number of amides is 4. The molecule has 0 rings (SSSR count). The van der Waals surface area contributed by atoms with Gasteiger partial charge in [-0.15, -0.1) is 0 Å². The van der Waals surface area contributed by atoms with Gasteiger partial charge < -0.3 is 11.1 Å². The normalized spacial score (nSPS) is 9.17. The largest absolute Gasteiger partial charge is 0.351 e. The van der Waals surface area contributed by atoms with Gasteiger partial charge in [0.1, 0.15) is 0 Å². The average molecular weight is 173 g/mol. The van der Waals surface area contributed by atoms with Gasteiger partial charge in [0.25, 0.3) is 0 Å². The predicted octanol–water partition coefficient (Wildman–Crippen LogP) is 0.507. The zero-order valence-corrected chi connectivity index (χ0v) is 7.46. The molecule has 12 heavy (non-hydrogen) atoms. The van der Waals surface area contributed by atoms with Crippen molar-refractivity contribution in [1.29, 1.82) is 0 Å². The lowest BCUT2D eigenvalue weighted by Crippen LogP contribution is -2.45. The zero-order chi connectivity index (χ0) is 9.56. The van der Waals surface area contributed by atoms with Crippen molar-refractivity contribution in [3.05, 3.63) is 0 Å². The Balaban J connectivity index is 4.04. The summed E-state index contributed by atoms with van der Waals surface area (Å²) in [6, 6.07) is -1.15. The topological polar surface area (TPSA) is 75.4 Å². The third-order valence-corrected chi connectivity index (χ3v) is 1.46. The van der Waals surface area contributed by atoms with E-state index in [9.17, 15) is 9.59 Å². The van der Waals surface area contributed by atoms with Gasteiger partial charge in [-0.25, -0.2) is 14.5 Å². The molecule has 0 aromatic rings. The number of hydrogen-bond acceptors (Lipinski definition) is 2. The van der Waals surface area contributed by atoms with Crippen molar-refractivity contribution in [3.63, 3.8) is 0 Å². The second-order valence-electron chi connectivity index (χ2n) is 2.40. The first-order valence-corrected chi connectivity index (χ1v) is 3.92. The second kappa shape index (κ2) is 5.40. The molecule has 0 fully saturated rings. The number of imide groups is 1. The third-order valence-electron chi connectivity index (χ3n) is 1.46. The summed E-state index contributed by atoms with van der Waals surface area (Å²) in [6.07, 6.45) is 1.69. The number of unbranched alkanes of at least 4 members (excludes halogenated alkanes) is 1. The molecule has 0 saturated heterocycles. The summed E-state index contributed by atoms with van der Waals surface area (Å²) in [4.78, 5) is 22.7. The molecule has 0 bridgehead atoms. The zero-order valence-electron chi connectivity index (χ0n) is 7.46. The van der Waals surface area contributed by atoms with E-state index < -0.39 is 12.1 Å². The molecule has 5 nitrogen and oxygen atoms in total.